The minimum atomic E-state index is -1.12. The zero-order chi connectivity index (χ0) is 14.8. The first kappa shape index (κ1) is 13.5. The van der Waals surface area contributed by atoms with Crippen LogP contribution in [-0.2, 0) is 0 Å². The minimum absolute atomic E-state index is 0.124. The van der Waals surface area contributed by atoms with Gasteiger partial charge in [-0.25, -0.2) is 4.79 Å². The number of hydrogen-bond donors (Lipinski definition) is 1. The molecule has 1 fully saturated rings. The standard InChI is InChI=1S/C15H15NO5/c1-19-12-5-4-10(6-14(12)20-8-9-2-3-9)13-7-11(15(17)18)16-21-13/h4-7,9H,2-3,8H2,1H3,(H,17,18). The Morgan fingerprint density at radius 1 is 1.38 bits per heavy atom. The van der Waals surface area contributed by atoms with Crippen LogP contribution in [0.3, 0.4) is 0 Å². The van der Waals surface area contributed by atoms with Gasteiger partial charge in [-0.1, -0.05) is 5.16 Å². The van der Waals surface area contributed by atoms with Crippen molar-refractivity contribution in [3.63, 3.8) is 0 Å². The van der Waals surface area contributed by atoms with E-state index in [0.29, 0.717) is 35.3 Å². The number of nitrogens with zero attached hydrogens (tertiary/aromatic N) is 1. The Hall–Kier alpha value is -2.50. The smallest absolute Gasteiger partial charge is 0.358 e. The van der Waals surface area contributed by atoms with Crippen molar-refractivity contribution in [1.82, 2.24) is 5.16 Å². The van der Waals surface area contributed by atoms with E-state index in [1.807, 2.05) is 0 Å². The lowest BCUT2D eigenvalue weighted by Gasteiger charge is -2.11. The molecule has 0 amide bonds. The number of carboxylic acid groups (broad SMARTS) is 1. The highest BCUT2D eigenvalue weighted by Gasteiger charge is 2.23. The van der Waals surface area contributed by atoms with Crippen molar-refractivity contribution >= 4 is 5.97 Å². The number of methoxy groups -OCH3 is 1. The molecule has 6 heteroatoms. The van der Waals surface area contributed by atoms with Gasteiger partial charge in [0.1, 0.15) is 0 Å². The Morgan fingerprint density at radius 2 is 2.19 bits per heavy atom. The van der Waals surface area contributed by atoms with Crippen LogP contribution < -0.4 is 9.47 Å². The number of ether oxygens (including phenoxy) is 2. The van der Waals surface area contributed by atoms with Crippen LogP contribution >= 0.6 is 0 Å². The second-order valence-corrected chi connectivity index (χ2v) is 5.00. The van der Waals surface area contributed by atoms with Crippen molar-refractivity contribution in [2.45, 2.75) is 12.8 Å². The summed E-state index contributed by atoms with van der Waals surface area (Å²) in [5, 5.41) is 12.4. The topological polar surface area (TPSA) is 81.8 Å². The van der Waals surface area contributed by atoms with Crippen LogP contribution in [0.5, 0.6) is 11.5 Å². The van der Waals surface area contributed by atoms with Gasteiger partial charge in [-0.05, 0) is 37.0 Å². The maximum atomic E-state index is 10.8. The Morgan fingerprint density at radius 3 is 2.81 bits per heavy atom. The predicted octanol–water partition coefficient (Wildman–Crippen LogP) is 2.84. The molecule has 6 nitrogen and oxygen atoms in total. The van der Waals surface area contributed by atoms with Crippen LogP contribution in [0.25, 0.3) is 11.3 Å². The average molecular weight is 289 g/mol. The lowest BCUT2D eigenvalue weighted by atomic mass is 10.1. The number of aromatic carboxylic acids is 1. The summed E-state index contributed by atoms with van der Waals surface area (Å²) < 4.78 is 16.1. The highest BCUT2D eigenvalue weighted by Crippen LogP contribution is 2.35. The second-order valence-electron chi connectivity index (χ2n) is 5.00. The van der Waals surface area contributed by atoms with E-state index in [1.54, 1.807) is 25.3 Å². The van der Waals surface area contributed by atoms with Crippen molar-refractivity contribution in [3.05, 3.63) is 30.0 Å². The molecule has 1 N–H and O–H groups in total. The van der Waals surface area contributed by atoms with Crippen LogP contribution in [0.2, 0.25) is 0 Å². The van der Waals surface area contributed by atoms with E-state index in [0.717, 1.165) is 0 Å². The third kappa shape index (κ3) is 2.99. The van der Waals surface area contributed by atoms with Crippen molar-refractivity contribution in [2.75, 3.05) is 13.7 Å². The molecule has 1 heterocycles. The summed E-state index contributed by atoms with van der Waals surface area (Å²) in [5.41, 5.74) is 0.572. The number of benzene rings is 1. The summed E-state index contributed by atoms with van der Waals surface area (Å²) in [6.07, 6.45) is 2.40. The molecule has 0 unspecified atom stereocenters. The van der Waals surface area contributed by atoms with Crippen molar-refractivity contribution < 1.29 is 23.9 Å². The summed E-state index contributed by atoms with van der Waals surface area (Å²) in [7, 11) is 1.58. The summed E-state index contributed by atoms with van der Waals surface area (Å²) in [6, 6.07) is 6.69. The number of carboxylic acids is 1. The molecule has 0 spiro atoms. The monoisotopic (exact) mass is 289 g/mol. The largest absolute Gasteiger partial charge is 0.493 e. The van der Waals surface area contributed by atoms with Gasteiger partial charge in [0.25, 0.3) is 0 Å². The Balaban J connectivity index is 1.86. The highest BCUT2D eigenvalue weighted by molar-refractivity contribution is 5.86. The van der Waals surface area contributed by atoms with Crippen molar-refractivity contribution in [3.8, 4) is 22.8 Å². The fraction of sp³-hybridized carbons (Fsp3) is 0.333. The van der Waals surface area contributed by atoms with E-state index in [4.69, 9.17) is 19.1 Å². The van der Waals surface area contributed by atoms with Crippen LogP contribution in [0.15, 0.2) is 28.8 Å². The normalized spacial score (nSPS) is 14.0. The predicted molar refractivity (Wildman–Crippen MR) is 73.7 cm³/mol. The molecule has 1 aliphatic carbocycles. The van der Waals surface area contributed by atoms with E-state index < -0.39 is 5.97 Å². The Kier molecular flexibility index (Phi) is 3.51. The first-order valence-electron chi connectivity index (χ1n) is 6.68. The molecule has 0 aliphatic heterocycles. The minimum Gasteiger partial charge on any atom is -0.493 e. The quantitative estimate of drug-likeness (QED) is 0.880. The maximum Gasteiger partial charge on any atom is 0.358 e. The van der Waals surface area contributed by atoms with Crippen LogP contribution in [0.4, 0.5) is 0 Å². The van der Waals surface area contributed by atoms with Gasteiger partial charge in [0, 0.05) is 11.6 Å². The third-order valence-electron chi connectivity index (χ3n) is 3.35. The molecule has 0 bridgehead atoms. The number of aromatic nitrogens is 1. The lowest BCUT2D eigenvalue weighted by Crippen LogP contribution is -2.01. The second kappa shape index (κ2) is 5.47. The maximum absolute atomic E-state index is 10.8. The Bertz CT molecular complexity index is 660. The van der Waals surface area contributed by atoms with E-state index in [-0.39, 0.29) is 5.69 Å². The molecular formula is C15H15NO5. The van der Waals surface area contributed by atoms with Gasteiger partial charge < -0.3 is 19.1 Å². The van der Waals surface area contributed by atoms with Crippen LogP contribution in [-0.4, -0.2) is 29.9 Å². The molecule has 3 rings (SSSR count). The van der Waals surface area contributed by atoms with Gasteiger partial charge in [0.05, 0.1) is 13.7 Å². The van der Waals surface area contributed by atoms with Gasteiger partial charge in [-0.2, -0.15) is 0 Å². The molecule has 0 saturated heterocycles. The Labute approximate surface area is 121 Å². The fourth-order valence-corrected chi connectivity index (χ4v) is 1.95. The fourth-order valence-electron chi connectivity index (χ4n) is 1.95. The van der Waals surface area contributed by atoms with E-state index >= 15 is 0 Å². The summed E-state index contributed by atoms with van der Waals surface area (Å²) >= 11 is 0. The molecule has 110 valence electrons. The summed E-state index contributed by atoms with van der Waals surface area (Å²) in [6.45, 7) is 0.663. The summed E-state index contributed by atoms with van der Waals surface area (Å²) in [5.74, 6) is 1.14. The molecule has 1 aromatic carbocycles. The number of hydrogen-bond acceptors (Lipinski definition) is 5. The summed E-state index contributed by atoms with van der Waals surface area (Å²) in [4.78, 5) is 10.8. The van der Waals surface area contributed by atoms with E-state index in [9.17, 15) is 4.79 Å². The van der Waals surface area contributed by atoms with Gasteiger partial charge in [-0.3, -0.25) is 0 Å². The molecule has 1 aromatic heterocycles. The van der Waals surface area contributed by atoms with Crippen LogP contribution in [0, 0.1) is 5.92 Å². The van der Waals surface area contributed by atoms with Crippen molar-refractivity contribution in [1.29, 1.82) is 0 Å². The average Bonchev–Trinajstić information content (AvgIpc) is 3.18. The van der Waals surface area contributed by atoms with Gasteiger partial charge in [0.15, 0.2) is 23.0 Å². The molecule has 0 radical (unpaired) electrons. The lowest BCUT2D eigenvalue weighted by molar-refractivity contribution is 0.0686. The zero-order valence-electron chi connectivity index (χ0n) is 11.5. The zero-order valence-corrected chi connectivity index (χ0v) is 11.5. The first-order chi connectivity index (χ1) is 10.2. The molecule has 21 heavy (non-hydrogen) atoms. The highest BCUT2D eigenvalue weighted by atomic mass is 16.5. The van der Waals surface area contributed by atoms with Crippen LogP contribution in [0.1, 0.15) is 23.3 Å². The number of carbonyl (C=O) groups is 1. The van der Waals surface area contributed by atoms with E-state index in [1.165, 1.54) is 18.9 Å². The van der Waals surface area contributed by atoms with Crippen molar-refractivity contribution in [2.24, 2.45) is 5.92 Å². The van der Waals surface area contributed by atoms with E-state index in [2.05, 4.69) is 5.16 Å². The molecule has 1 saturated carbocycles. The number of rotatable bonds is 6. The molecule has 2 aromatic rings. The van der Waals surface area contributed by atoms with Gasteiger partial charge >= 0.3 is 5.97 Å². The third-order valence-corrected chi connectivity index (χ3v) is 3.35. The molecular weight excluding hydrogens is 274 g/mol. The van der Waals surface area contributed by atoms with Gasteiger partial charge in [0.2, 0.25) is 0 Å². The molecule has 0 atom stereocenters. The SMILES string of the molecule is COc1ccc(-c2cc(C(=O)O)no2)cc1OCC1CC1. The molecule has 1 aliphatic rings. The first-order valence-corrected chi connectivity index (χ1v) is 6.68. The van der Waals surface area contributed by atoms with Gasteiger partial charge in [-0.15, -0.1) is 0 Å².